The Labute approximate surface area is 151 Å². The van der Waals surface area contributed by atoms with Crippen LogP contribution in [0.2, 0.25) is 0 Å². The molecule has 1 rings (SSSR count). The quantitative estimate of drug-likeness (QED) is 0.698. The van der Waals surface area contributed by atoms with E-state index >= 15 is 0 Å². The first-order valence-electron chi connectivity index (χ1n) is 8.21. The average molecular weight is 375 g/mol. The van der Waals surface area contributed by atoms with Gasteiger partial charge >= 0.3 is 6.09 Å². The molecule has 1 amide bonds. The van der Waals surface area contributed by atoms with Gasteiger partial charge in [0.15, 0.2) is 0 Å². The first-order chi connectivity index (χ1) is 11.5. The number of carbonyl (C=O) groups is 1. The second kappa shape index (κ2) is 9.27. The molecule has 142 valence electrons. The Kier molecular flexibility index (Phi) is 7.99. The Morgan fingerprint density at radius 2 is 1.88 bits per heavy atom. The zero-order chi connectivity index (χ0) is 19.2. The molecule has 2 unspecified atom stereocenters. The summed E-state index contributed by atoms with van der Waals surface area (Å²) in [6.45, 7) is 7.73. The molecule has 4 nitrogen and oxygen atoms in total. The van der Waals surface area contributed by atoms with Crippen molar-refractivity contribution in [2.24, 2.45) is 5.92 Å². The third kappa shape index (κ3) is 7.50. The van der Waals surface area contributed by atoms with E-state index in [0.29, 0.717) is 13.0 Å². The van der Waals surface area contributed by atoms with Crippen LogP contribution in [0.15, 0.2) is 29.2 Å². The van der Waals surface area contributed by atoms with Gasteiger partial charge in [-0.2, -0.15) is 0 Å². The van der Waals surface area contributed by atoms with Gasteiger partial charge in [-0.15, -0.1) is 0 Å². The molecular weight excluding hydrogens is 348 g/mol. The van der Waals surface area contributed by atoms with Crippen LogP contribution in [0.4, 0.5) is 13.6 Å². The molecule has 25 heavy (non-hydrogen) atoms. The fraction of sp³-hybridized carbons (Fsp3) is 0.611. The van der Waals surface area contributed by atoms with E-state index in [-0.39, 0.29) is 22.1 Å². The second-order valence-electron chi connectivity index (χ2n) is 7.15. The van der Waals surface area contributed by atoms with Gasteiger partial charge in [0, 0.05) is 29.8 Å². The normalized spacial score (nSPS) is 14.2. The number of halogens is 2. The van der Waals surface area contributed by atoms with Crippen molar-refractivity contribution in [1.82, 2.24) is 4.90 Å². The number of hydrogen-bond acceptors (Lipinski definition) is 3. The Hall–Kier alpha value is -1.50. The minimum Gasteiger partial charge on any atom is -0.444 e. The predicted octanol–water partition coefficient (Wildman–Crippen LogP) is 4.62. The van der Waals surface area contributed by atoms with Crippen molar-refractivity contribution >= 4 is 16.9 Å². The molecule has 0 bridgehead atoms. The number of ether oxygens (including phenoxy) is 1. The van der Waals surface area contributed by atoms with Gasteiger partial charge in [0.05, 0.1) is 10.8 Å². The number of nitrogens with zero attached hydrogens (tertiary/aromatic N) is 1. The highest BCUT2D eigenvalue weighted by atomic mass is 32.2. The maximum absolute atomic E-state index is 13.0. The molecule has 0 heterocycles. The van der Waals surface area contributed by atoms with Gasteiger partial charge in [-0.1, -0.05) is 25.1 Å². The average Bonchev–Trinajstić information content (AvgIpc) is 2.50. The minimum absolute atomic E-state index is 0.0106. The molecule has 1 aromatic rings. The van der Waals surface area contributed by atoms with E-state index in [1.807, 2.05) is 6.92 Å². The lowest BCUT2D eigenvalue weighted by Gasteiger charge is -2.25. The van der Waals surface area contributed by atoms with Gasteiger partial charge in [-0.3, -0.25) is 4.21 Å². The van der Waals surface area contributed by atoms with Crippen LogP contribution in [0.25, 0.3) is 0 Å². The fourth-order valence-corrected chi connectivity index (χ4v) is 3.66. The van der Waals surface area contributed by atoms with Crippen molar-refractivity contribution in [2.75, 3.05) is 19.3 Å². The van der Waals surface area contributed by atoms with Crippen molar-refractivity contribution in [3.8, 4) is 0 Å². The zero-order valence-corrected chi connectivity index (χ0v) is 16.2. The molecule has 7 heteroatoms. The minimum atomic E-state index is -2.64. The van der Waals surface area contributed by atoms with Crippen molar-refractivity contribution in [2.45, 2.75) is 51.0 Å². The van der Waals surface area contributed by atoms with Crippen LogP contribution in [-0.2, 0) is 15.5 Å². The molecule has 0 radical (unpaired) electrons. The summed E-state index contributed by atoms with van der Waals surface area (Å²) in [6, 6.07) is 5.91. The van der Waals surface area contributed by atoms with E-state index < -0.39 is 28.9 Å². The van der Waals surface area contributed by atoms with E-state index in [1.165, 1.54) is 23.1 Å². The van der Waals surface area contributed by atoms with Gasteiger partial charge in [-0.25, -0.2) is 13.6 Å². The van der Waals surface area contributed by atoms with Crippen LogP contribution in [0, 0.1) is 5.92 Å². The first kappa shape index (κ1) is 21.5. The molecular formula is C18H27F2NO3S. The molecule has 1 aromatic carbocycles. The maximum Gasteiger partial charge on any atom is 0.410 e. The summed E-state index contributed by atoms with van der Waals surface area (Å²) in [4.78, 5) is 13.5. The predicted molar refractivity (Wildman–Crippen MR) is 95.3 cm³/mol. The maximum atomic E-state index is 13.0. The third-order valence-electron chi connectivity index (χ3n) is 3.50. The highest BCUT2D eigenvalue weighted by Gasteiger charge is 2.21. The first-order valence-corrected chi connectivity index (χ1v) is 9.52. The summed E-state index contributed by atoms with van der Waals surface area (Å²) in [5.74, 6) is 0.280. The van der Waals surface area contributed by atoms with Gasteiger partial charge in [-0.05, 0) is 39.2 Å². The second-order valence-corrected chi connectivity index (χ2v) is 8.61. The van der Waals surface area contributed by atoms with E-state index in [4.69, 9.17) is 4.74 Å². The number of amides is 1. The Morgan fingerprint density at radius 3 is 2.44 bits per heavy atom. The molecule has 0 N–H and O–H groups in total. The van der Waals surface area contributed by atoms with Crippen LogP contribution in [0.3, 0.4) is 0 Å². The standard InChI is InChI=1S/C18H27F2NO3S/c1-13(10-11-21(5)17(22)24-18(2,3)4)12-25(23)15-9-7-6-8-14(15)16(19)20/h6-9,13,16H,10-12H2,1-5H3. The zero-order valence-electron chi connectivity index (χ0n) is 15.4. The smallest absolute Gasteiger partial charge is 0.410 e. The van der Waals surface area contributed by atoms with Crippen molar-refractivity contribution in [3.05, 3.63) is 29.8 Å². The van der Waals surface area contributed by atoms with Gasteiger partial charge in [0.1, 0.15) is 5.60 Å². The number of benzene rings is 1. The van der Waals surface area contributed by atoms with Gasteiger partial charge in [0.2, 0.25) is 0 Å². The lowest BCUT2D eigenvalue weighted by Crippen LogP contribution is -2.35. The fourth-order valence-electron chi connectivity index (χ4n) is 2.14. The molecule has 2 atom stereocenters. The van der Waals surface area contributed by atoms with Crippen molar-refractivity contribution < 1.29 is 22.5 Å². The van der Waals surface area contributed by atoms with Crippen LogP contribution in [0.1, 0.15) is 46.1 Å². The highest BCUT2D eigenvalue weighted by Crippen LogP contribution is 2.26. The largest absolute Gasteiger partial charge is 0.444 e. The lowest BCUT2D eigenvalue weighted by atomic mass is 10.1. The summed E-state index contributed by atoms with van der Waals surface area (Å²) in [7, 11) is 0.141. The molecule has 0 saturated carbocycles. The molecule has 0 aromatic heterocycles. The van der Waals surface area contributed by atoms with Crippen LogP contribution >= 0.6 is 0 Å². The molecule has 0 fully saturated rings. The molecule has 0 saturated heterocycles. The Balaban J connectivity index is 2.56. The van der Waals surface area contributed by atoms with Crippen molar-refractivity contribution in [3.63, 3.8) is 0 Å². The third-order valence-corrected chi connectivity index (χ3v) is 5.23. The lowest BCUT2D eigenvalue weighted by molar-refractivity contribution is 0.0292. The molecule has 0 aliphatic carbocycles. The summed E-state index contributed by atoms with van der Waals surface area (Å²) >= 11 is 0. The number of carbonyl (C=O) groups excluding carboxylic acids is 1. The monoisotopic (exact) mass is 375 g/mol. The van der Waals surface area contributed by atoms with Crippen LogP contribution < -0.4 is 0 Å². The van der Waals surface area contributed by atoms with E-state index in [9.17, 15) is 17.8 Å². The number of rotatable bonds is 7. The summed E-state index contributed by atoms with van der Waals surface area (Å²) < 4.78 is 43.7. The van der Waals surface area contributed by atoms with E-state index in [1.54, 1.807) is 33.9 Å². The molecule has 0 aliphatic heterocycles. The van der Waals surface area contributed by atoms with Gasteiger partial charge in [0.25, 0.3) is 6.43 Å². The number of hydrogen-bond donors (Lipinski definition) is 0. The molecule has 0 aliphatic rings. The Bertz CT molecular complexity index is 602. The highest BCUT2D eigenvalue weighted by molar-refractivity contribution is 7.85. The van der Waals surface area contributed by atoms with E-state index in [0.717, 1.165) is 0 Å². The van der Waals surface area contributed by atoms with E-state index in [2.05, 4.69) is 0 Å². The van der Waals surface area contributed by atoms with Crippen LogP contribution in [0.5, 0.6) is 0 Å². The molecule has 0 spiro atoms. The Morgan fingerprint density at radius 1 is 1.28 bits per heavy atom. The number of alkyl halides is 2. The summed E-state index contributed by atoms with van der Waals surface area (Å²) in [5, 5.41) is 0. The van der Waals surface area contributed by atoms with Gasteiger partial charge < -0.3 is 9.64 Å². The van der Waals surface area contributed by atoms with Crippen molar-refractivity contribution in [1.29, 1.82) is 0 Å². The topological polar surface area (TPSA) is 46.6 Å². The SMILES string of the molecule is CC(CCN(C)C(=O)OC(C)(C)C)CS(=O)c1ccccc1C(F)F. The van der Waals surface area contributed by atoms with Crippen LogP contribution in [-0.4, -0.2) is 40.1 Å². The summed E-state index contributed by atoms with van der Waals surface area (Å²) in [6.07, 6.45) is -2.45. The summed E-state index contributed by atoms with van der Waals surface area (Å²) in [5.41, 5.74) is -0.740.